The monoisotopic (exact) mass is 483 g/mol. The van der Waals surface area contributed by atoms with Gasteiger partial charge in [0.1, 0.15) is 23.4 Å². The molecule has 1 aliphatic rings. The van der Waals surface area contributed by atoms with Crippen molar-refractivity contribution in [3.05, 3.63) is 118 Å². The zero-order valence-corrected chi connectivity index (χ0v) is 20.2. The zero-order chi connectivity index (χ0) is 24.2. The number of urea groups is 1. The van der Waals surface area contributed by atoms with Gasteiger partial charge < -0.3 is 9.64 Å². The molecule has 0 aliphatic carbocycles. The van der Waals surface area contributed by atoms with Gasteiger partial charge in [-0.3, -0.25) is 9.69 Å². The first-order valence-corrected chi connectivity index (χ1v) is 12.3. The third kappa shape index (κ3) is 5.10. The summed E-state index contributed by atoms with van der Waals surface area (Å²) < 4.78 is 5.82. The lowest BCUT2D eigenvalue weighted by molar-refractivity contribution is -0.129. The molecule has 6 nitrogen and oxygen atoms in total. The Morgan fingerprint density at radius 3 is 2.29 bits per heavy atom. The highest BCUT2D eigenvalue weighted by molar-refractivity contribution is 7.09. The number of nitrogens with zero attached hydrogens (tertiary/aromatic N) is 3. The second-order valence-electron chi connectivity index (χ2n) is 8.47. The second-order valence-corrected chi connectivity index (χ2v) is 9.41. The van der Waals surface area contributed by atoms with Crippen LogP contribution in [0.4, 0.5) is 4.79 Å². The smallest absolute Gasteiger partial charge is 0.328 e. The summed E-state index contributed by atoms with van der Waals surface area (Å²) in [6.07, 6.45) is 0. The van der Waals surface area contributed by atoms with Crippen LogP contribution in [-0.4, -0.2) is 26.7 Å². The van der Waals surface area contributed by atoms with E-state index < -0.39 is 6.04 Å². The summed E-state index contributed by atoms with van der Waals surface area (Å²) in [6.45, 7) is 2.85. The fourth-order valence-electron chi connectivity index (χ4n) is 4.11. The van der Waals surface area contributed by atoms with Crippen LogP contribution in [0.2, 0.25) is 0 Å². The van der Waals surface area contributed by atoms with E-state index in [2.05, 4.69) is 4.98 Å². The van der Waals surface area contributed by atoms with Crippen LogP contribution in [0.3, 0.4) is 0 Å². The Balaban J connectivity index is 1.32. The summed E-state index contributed by atoms with van der Waals surface area (Å²) in [7, 11) is 0. The van der Waals surface area contributed by atoms with Gasteiger partial charge in [0.05, 0.1) is 12.2 Å². The Morgan fingerprint density at radius 1 is 0.886 bits per heavy atom. The summed E-state index contributed by atoms with van der Waals surface area (Å²) in [4.78, 5) is 34.5. The fraction of sp³-hybridized carbons (Fsp3) is 0.179. The Morgan fingerprint density at radius 2 is 1.57 bits per heavy atom. The predicted octanol–water partition coefficient (Wildman–Crippen LogP) is 5.74. The number of ether oxygens (including phenoxy) is 1. The maximum absolute atomic E-state index is 13.5. The molecular formula is C28H25N3O3S. The minimum atomic E-state index is -0.660. The minimum Gasteiger partial charge on any atom is -0.486 e. The van der Waals surface area contributed by atoms with Gasteiger partial charge in [-0.2, -0.15) is 0 Å². The zero-order valence-electron chi connectivity index (χ0n) is 19.3. The van der Waals surface area contributed by atoms with E-state index in [0.717, 1.165) is 21.9 Å². The molecule has 3 amide bonds. The number of thiazole rings is 1. The highest BCUT2D eigenvalue weighted by Gasteiger charge is 2.45. The Labute approximate surface area is 208 Å². The lowest BCUT2D eigenvalue weighted by atomic mass is 10.1. The number of aromatic nitrogens is 1. The number of hydrogen-bond acceptors (Lipinski definition) is 5. The van der Waals surface area contributed by atoms with E-state index in [1.165, 1.54) is 21.8 Å². The largest absolute Gasteiger partial charge is 0.486 e. The van der Waals surface area contributed by atoms with Gasteiger partial charge in [-0.05, 0) is 30.2 Å². The van der Waals surface area contributed by atoms with Gasteiger partial charge in [0.15, 0.2) is 0 Å². The number of hydrogen-bond donors (Lipinski definition) is 0. The molecule has 0 bridgehead atoms. The van der Waals surface area contributed by atoms with Gasteiger partial charge in [-0.25, -0.2) is 9.78 Å². The SMILES string of the molecule is Cc1ccc(OCc2nc(CN3C(=O)C(c4ccccc4)N(Cc4ccccc4)C3=O)cs2)cc1. The van der Waals surface area contributed by atoms with Crippen molar-refractivity contribution >= 4 is 23.3 Å². The molecule has 1 aromatic heterocycles. The molecule has 1 saturated heterocycles. The molecule has 3 aromatic carbocycles. The van der Waals surface area contributed by atoms with Gasteiger partial charge >= 0.3 is 6.03 Å². The topological polar surface area (TPSA) is 62.7 Å². The van der Waals surface area contributed by atoms with Crippen LogP contribution in [-0.2, 0) is 24.5 Å². The second kappa shape index (κ2) is 10.1. The third-order valence-electron chi connectivity index (χ3n) is 5.90. The number of imide groups is 1. The van der Waals surface area contributed by atoms with Crippen molar-refractivity contribution in [2.75, 3.05) is 0 Å². The van der Waals surface area contributed by atoms with Crippen molar-refractivity contribution in [2.24, 2.45) is 0 Å². The van der Waals surface area contributed by atoms with Crippen LogP contribution < -0.4 is 4.74 Å². The van der Waals surface area contributed by atoms with E-state index >= 15 is 0 Å². The lowest BCUT2D eigenvalue weighted by Gasteiger charge is -2.22. The van der Waals surface area contributed by atoms with Crippen LogP contribution in [0.1, 0.15) is 33.4 Å². The van der Waals surface area contributed by atoms with Gasteiger partial charge in [0, 0.05) is 11.9 Å². The number of benzene rings is 3. The third-order valence-corrected chi connectivity index (χ3v) is 6.77. The van der Waals surface area contributed by atoms with Crippen LogP contribution in [0.25, 0.3) is 0 Å². The maximum atomic E-state index is 13.5. The average Bonchev–Trinajstić information content (AvgIpc) is 3.43. The van der Waals surface area contributed by atoms with Crippen molar-refractivity contribution in [3.63, 3.8) is 0 Å². The molecule has 0 N–H and O–H groups in total. The first-order valence-electron chi connectivity index (χ1n) is 11.4. The number of rotatable bonds is 8. The molecule has 4 aromatic rings. The van der Waals surface area contributed by atoms with Crippen molar-refractivity contribution in [1.82, 2.24) is 14.8 Å². The first kappa shape index (κ1) is 22.8. The summed E-state index contributed by atoms with van der Waals surface area (Å²) >= 11 is 1.46. The van der Waals surface area contributed by atoms with E-state index in [4.69, 9.17) is 4.74 Å². The molecule has 35 heavy (non-hydrogen) atoms. The number of aryl methyl sites for hydroxylation is 1. The van der Waals surface area contributed by atoms with Gasteiger partial charge in [-0.1, -0.05) is 78.4 Å². The Kier molecular flexibility index (Phi) is 6.59. The standard InChI is InChI=1S/C28H25N3O3S/c1-20-12-14-24(15-13-20)34-18-25-29-23(19-35-25)17-31-27(32)26(22-10-6-3-7-11-22)30(28(31)33)16-21-8-4-2-5-9-21/h2-15,19,26H,16-18H2,1H3. The lowest BCUT2D eigenvalue weighted by Crippen LogP contribution is -2.32. The molecule has 5 rings (SSSR count). The van der Waals surface area contributed by atoms with E-state index in [-0.39, 0.29) is 18.5 Å². The minimum absolute atomic E-state index is 0.132. The van der Waals surface area contributed by atoms with Crippen molar-refractivity contribution in [2.45, 2.75) is 32.7 Å². The maximum Gasteiger partial charge on any atom is 0.328 e. The molecule has 2 heterocycles. The normalized spacial score (nSPS) is 15.6. The quantitative estimate of drug-likeness (QED) is 0.300. The number of carbonyl (C=O) groups excluding carboxylic acids is 2. The highest BCUT2D eigenvalue weighted by atomic mass is 32.1. The number of amides is 3. The molecular weight excluding hydrogens is 458 g/mol. The molecule has 1 atom stereocenters. The molecule has 1 aliphatic heterocycles. The van der Waals surface area contributed by atoms with Crippen LogP contribution in [0.15, 0.2) is 90.3 Å². The predicted molar refractivity (Wildman–Crippen MR) is 135 cm³/mol. The molecule has 0 saturated carbocycles. The van der Waals surface area contributed by atoms with Crippen molar-refractivity contribution < 1.29 is 14.3 Å². The van der Waals surface area contributed by atoms with E-state index in [1.54, 1.807) is 4.90 Å². The first-order chi connectivity index (χ1) is 17.1. The Hall–Kier alpha value is -3.97. The Bertz CT molecular complexity index is 1310. The summed E-state index contributed by atoms with van der Waals surface area (Å²) in [5.74, 6) is 0.544. The van der Waals surface area contributed by atoms with Crippen molar-refractivity contribution in [1.29, 1.82) is 0 Å². The van der Waals surface area contributed by atoms with Crippen molar-refractivity contribution in [3.8, 4) is 5.75 Å². The van der Waals surface area contributed by atoms with Gasteiger partial charge in [0.25, 0.3) is 5.91 Å². The molecule has 1 unspecified atom stereocenters. The average molecular weight is 484 g/mol. The molecule has 7 heteroatoms. The highest BCUT2D eigenvalue weighted by Crippen LogP contribution is 2.33. The molecule has 176 valence electrons. The van der Waals surface area contributed by atoms with Gasteiger partial charge in [0.2, 0.25) is 0 Å². The molecule has 0 spiro atoms. The van der Waals surface area contributed by atoms with E-state index in [0.29, 0.717) is 18.8 Å². The van der Waals surface area contributed by atoms with E-state index in [1.807, 2.05) is 97.2 Å². The molecule has 0 radical (unpaired) electrons. The van der Waals surface area contributed by atoms with Crippen LogP contribution >= 0.6 is 11.3 Å². The van der Waals surface area contributed by atoms with Crippen LogP contribution in [0, 0.1) is 6.92 Å². The molecule has 1 fully saturated rings. The van der Waals surface area contributed by atoms with Crippen LogP contribution in [0.5, 0.6) is 5.75 Å². The summed E-state index contributed by atoms with van der Waals surface area (Å²) in [6, 6.07) is 26.1. The number of carbonyl (C=O) groups is 2. The fourth-order valence-corrected chi connectivity index (χ4v) is 4.81. The summed E-state index contributed by atoms with van der Waals surface area (Å²) in [5, 5.41) is 2.67. The van der Waals surface area contributed by atoms with E-state index in [9.17, 15) is 9.59 Å². The summed E-state index contributed by atoms with van der Waals surface area (Å²) in [5.41, 5.74) is 3.62. The van der Waals surface area contributed by atoms with Gasteiger partial charge in [-0.15, -0.1) is 11.3 Å².